The van der Waals surface area contributed by atoms with E-state index in [1.807, 2.05) is 6.92 Å². The Balaban J connectivity index is 1.83. The van der Waals surface area contributed by atoms with Crippen molar-refractivity contribution < 1.29 is 9.84 Å². The molecule has 1 heterocycles. The summed E-state index contributed by atoms with van der Waals surface area (Å²) in [5.74, 6) is 2.11. The molecular formula is C13H16O2. The van der Waals surface area contributed by atoms with Crippen molar-refractivity contribution in [1.82, 2.24) is 0 Å². The van der Waals surface area contributed by atoms with Crippen molar-refractivity contribution in [2.75, 3.05) is 6.61 Å². The summed E-state index contributed by atoms with van der Waals surface area (Å²) in [6.07, 6.45) is 2.01. The second kappa shape index (κ2) is 3.24. The normalized spacial score (nSPS) is 29.5. The first kappa shape index (κ1) is 9.22. The summed E-state index contributed by atoms with van der Waals surface area (Å²) < 4.78 is 5.48. The van der Waals surface area contributed by atoms with Gasteiger partial charge in [-0.05, 0) is 42.4 Å². The van der Waals surface area contributed by atoms with E-state index in [9.17, 15) is 5.11 Å². The van der Waals surface area contributed by atoms with Gasteiger partial charge in [0.1, 0.15) is 5.75 Å². The van der Waals surface area contributed by atoms with E-state index >= 15 is 0 Å². The Morgan fingerprint density at radius 2 is 2.33 bits per heavy atom. The largest absolute Gasteiger partial charge is 0.493 e. The molecule has 0 saturated heterocycles. The minimum Gasteiger partial charge on any atom is -0.493 e. The first-order chi connectivity index (χ1) is 7.25. The Labute approximate surface area is 89.9 Å². The van der Waals surface area contributed by atoms with Gasteiger partial charge < -0.3 is 9.84 Å². The van der Waals surface area contributed by atoms with Crippen LogP contribution in [0.15, 0.2) is 18.2 Å². The predicted molar refractivity (Wildman–Crippen MR) is 58.2 cm³/mol. The van der Waals surface area contributed by atoms with Gasteiger partial charge in [-0.1, -0.05) is 12.1 Å². The highest BCUT2D eigenvalue weighted by Gasteiger charge is 2.41. The summed E-state index contributed by atoms with van der Waals surface area (Å²) in [4.78, 5) is 0. The van der Waals surface area contributed by atoms with Gasteiger partial charge in [-0.3, -0.25) is 0 Å². The number of hydrogen-bond acceptors (Lipinski definition) is 2. The lowest BCUT2D eigenvalue weighted by Crippen LogP contribution is -2.03. The Hall–Kier alpha value is -1.02. The van der Waals surface area contributed by atoms with Crippen LogP contribution in [0.5, 0.6) is 5.75 Å². The Morgan fingerprint density at radius 1 is 1.47 bits per heavy atom. The van der Waals surface area contributed by atoms with E-state index in [1.54, 1.807) is 0 Å². The van der Waals surface area contributed by atoms with Crippen LogP contribution in [0.2, 0.25) is 0 Å². The topological polar surface area (TPSA) is 29.5 Å². The number of fused-ring (bicyclic) bond motifs is 1. The van der Waals surface area contributed by atoms with Gasteiger partial charge in [0, 0.05) is 6.42 Å². The molecule has 1 aromatic rings. The molecule has 1 aliphatic carbocycles. The third-order valence-electron chi connectivity index (χ3n) is 3.60. The first-order valence-corrected chi connectivity index (χ1v) is 5.69. The minimum absolute atomic E-state index is 0.167. The molecule has 2 heteroatoms. The standard InChI is InChI=1S/C13H16O2/c1-8(14)11-7-12(11)9-2-3-13-10(6-9)4-5-15-13/h2-3,6,8,11-12,14H,4-5,7H2,1H3. The number of benzene rings is 1. The monoisotopic (exact) mass is 204 g/mol. The van der Waals surface area contributed by atoms with Gasteiger partial charge in [0.2, 0.25) is 0 Å². The lowest BCUT2D eigenvalue weighted by atomic mass is 10.0. The third kappa shape index (κ3) is 1.53. The molecule has 80 valence electrons. The maximum absolute atomic E-state index is 9.49. The highest BCUT2D eigenvalue weighted by molar-refractivity contribution is 5.42. The maximum Gasteiger partial charge on any atom is 0.122 e. The van der Waals surface area contributed by atoms with Crippen LogP contribution in [-0.4, -0.2) is 17.8 Å². The third-order valence-corrected chi connectivity index (χ3v) is 3.60. The molecule has 3 atom stereocenters. The number of aliphatic hydroxyl groups is 1. The summed E-state index contributed by atoms with van der Waals surface area (Å²) in [5.41, 5.74) is 2.72. The summed E-state index contributed by atoms with van der Waals surface area (Å²) in [6, 6.07) is 6.49. The molecule has 2 aliphatic rings. The predicted octanol–water partition coefficient (Wildman–Crippen LogP) is 2.11. The molecule has 1 aromatic carbocycles. The van der Waals surface area contributed by atoms with Crippen LogP contribution in [0.4, 0.5) is 0 Å². The molecule has 0 bridgehead atoms. The van der Waals surface area contributed by atoms with E-state index in [1.165, 1.54) is 11.1 Å². The molecule has 3 unspecified atom stereocenters. The first-order valence-electron chi connectivity index (χ1n) is 5.69. The fourth-order valence-corrected chi connectivity index (χ4v) is 2.57. The fourth-order valence-electron chi connectivity index (χ4n) is 2.57. The number of ether oxygens (including phenoxy) is 1. The molecule has 0 amide bonds. The van der Waals surface area contributed by atoms with Gasteiger partial charge in [-0.25, -0.2) is 0 Å². The molecule has 1 aliphatic heterocycles. The molecule has 15 heavy (non-hydrogen) atoms. The van der Waals surface area contributed by atoms with Crippen LogP contribution in [0.1, 0.15) is 30.4 Å². The van der Waals surface area contributed by atoms with Crippen molar-refractivity contribution in [3.8, 4) is 5.75 Å². The second-order valence-electron chi connectivity index (χ2n) is 4.71. The molecular weight excluding hydrogens is 188 g/mol. The van der Waals surface area contributed by atoms with E-state index in [4.69, 9.17) is 4.74 Å². The van der Waals surface area contributed by atoms with Crippen molar-refractivity contribution in [3.05, 3.63) is 29.3 Å². The molecule has 0 aromatic heterocycles. The van der Waals surface area contributed by atoms with Gasteiger partial charge in [0.25, 0.3) is 0 Å². The molecule has 0 spiro atoms. The van der Waals surface area contributed by atoms with E-state index in [0.29, 0.717) is 11.8 Å². The molecule has 1 N–H and O–H groups in total. The SMILES string of the molecule is CC(O)C1CC1c1ccc2c(c1)CCO2. The summed E-state index contributed by atoms with van der Waals surface area (Å²) >= 11 is 0. The summed E-state index contributed by atoms with van der Waals surface area (Å²) in [6.45, 7) is 2.71. The molecule has 2 nitrogen and oxygen atoms in total. The van der Waals surface area contributed by atoms with Gasteiger partial charge in [0.15, 0.2) is 0 Å². The highest BCUT2D eigenvalue weighted by Crippen LogP contribution is 2.50. The number of aliphatic hydroxyl groups excluding tert-OH is 1. The van der Waals surface area contributed by atoms with E-state index < -0.39 is 0 Å². The molecule has 3 rings (SSSR count). The van der Waals surface area contributed by atoms with Crippen LogP contribution in [-0.2, 0) is 6.42 Å². The van der Waals surface area contributed by atoms with E-state index in [2.05, 4.69) is 18.2 Å². The minimum atomic E-state index is -0.167. The van der Waals surface area contributed by atoms with Gasteiger partial charge in [-0.2, -0.15) is 0 Å². The van der Waals surface area contributed by atoms with Crippen molar-refractivity contribution in [1.29, 1.82) is 0 Å². The average Bonchev–Trinajstić information content (AvgIpc) is 2.89. The van der Waals surface area contributed by atoms with Gasteiger partial charge in [0.05, 0.1) is 12.7 Å². The Bertz CT molecular complexity index is 384. The zero-order valence-electron chi connectivity index (χ0n) is 8.94. The fraction of sp³-hybridized carbons (Fsp3) is 0.538. The van der Waals surface area contributed by atoms with E-state index in [-0.39, 0.29) is 6.10 Å². The van der Waals surface area contributed by atoms with E-state index in [0.717, 1.165) is 25.2 Å². The van der Waals surface area contributed by atoms with Gasteiger partial charge >= 0.3 is 0 Å². The molecule has 0 radical (unpaired) electrons. The summed E-state index contributed by atoms with van der Waals surface area (Å²) in [7, 11) is 0. The lowest BCUT2D eigenvalue weighted by molar-refractivity contribution is 0.169. The van der Waals surface area contributed by atoms with Crippen LogP contribution in [0.3, 0.4) is 0 Å². The van der Waals surface area contributed by atoms with Crippen molar-refractivity contribution in [2.24, 2.45) is 5.92 Å². The quantitative estimate of drug-likeness (QED) is 0.799. The number of hydrogen-bond donors (Lipinski definition) is 1. The summed E-state index contributed by atoms with van der Waals surface area (Å²) in [5, 5.41) is 9.49. The van der Waals surface area contributed by atoms with Gasteiger partial charge in [-0.15, -0.1) is 0 Å². The molecule has 1 saturated carbocycles. The number of rotatable bonds is 2. The zero-order chi connectivity index (χ0) is 10.4. The van der Waals surface area contributed by atoms with Crippen LogP contribution in [0.25, 0.3) is 0 Å². The average molecular weight is 204 g/mol. The maximum atomic E-state index is 9.49. The Kier molecular flexibility index (Phi) is 1.99. The van der Waals surface area contributed by atoms with Crippen LogP contribution < -0.4 is 4.74 Å². The van der Waals surface area contributed by atoms with Crippen molar-refractivity contribution >= 4 is 0 Å². The second-order valence-corrected chi connectivity index (χ2v) is 4.71. The van der Waals surface area contributed by atoms with Crippen LogP contribution >= 0.6 is 0 Å². The lowest BCUT2D eigenvalue weighted by Gasteiger charge is -2.05. The van der Waals surface area contributed by atoms with Crippen molar-refractivity contribution in [3.63, 3.8) is 0 Å². The zero-order valence-corrected chi connectivity index (χ0v) is 8.94. The van der Waals surface area contributed by atoms with Crippen molar-refractivity contribution in [2.45, 2.75) is 31.8 Å². The Morgan fingerprint density at radius 3 is 3.07 bits per heavy atom. The van der Waals surface area contributed by atoms with Crippen LogP contribution in [0, 0.1) is 5.92 Å². The smallest absolute Gasteiger partial charge is 0.122 e. The molecule has 1 fully saturated rings. The highest BCUT2D eigenvalue weighted by atomic mass is 16.5.